The molecular weight excluding hydrogens is 272 g/mol. The van der Waals surface area contributed by atoms with Gasteiger partial charge in [0.1, 0.15) is 17.3 Å². The zero-order chi connectivity index (χ0) is 15.9. The summed E-state index contributed by atoms with van der Waals surface area (Å²) in [5.41, 5.74) is 3.12. The summed E-state index contributed by atoms with van der Waals surface area (Å²) in [6.45, 7) is 9.82. The Morgan fingerprint density at radius 1 is 0.864 bits per heavy atom. The third-order valence-corrected chi connectivity index (χ3v) is 3.21. The maximum atomic E-state index is 5.80. The second-order valence-electron chi connectivity index (χ2n) is 4.97. The minimum absolute atomic E-state index is 0.598. The van der Waals surface area contributed by atoms with E-state index in [2.05, 4.69) is 20.1 Å². The van der Waals surface area contributed by atoms with Crippen molar-refractivity contribution in [2.45, 2.75) is 6.92 Å². The van der Waals surface area contributed by atoms with Gasteiger partial charge in [-0.05, 0) is 48.4 Å². The third-order valence-electron chi connectivity index (χ3n) is 3.21. The van der Waals surface area contributed by atoms with Crippen molar-refractivity contribution in [3.05, 3.63) is 90.7 Å². The molecule has 2 aromatic rings. The van der Waals surface area contributed by atoms with Gasteiger partial charge in [0, 0.05) is 0 Å². The normalized spacial score (nSPS) is 10.5. The van der Waals surface area contributed by atoms with E-state index < -0.39 is 0 Å². The number of hydrogen-bond acceptors (Lipinski definition) is 2. The molecule has 0 aliphatic heterocycles. The van der Waals surface area contributed by atoms with Gasteiger partial charge in [0.25, 0.3) is 0 Å². The smallest absolute Gasteiger partial charge is 0.127 e. The molecule has 0 aliphatic rings. The summed E-state index contributed by atoms with van der Waals surface area (Å²) in [4.78, 5) is 0. The number of methoxy groups -OCH3 is 1. The Kier molecular flexibility index (Phi) is 5.21. The lowest BCUT2D eigenvalue weighted by molar-refractivity contribution is 0.309. The van der Waals surface area contributed by atoms with Crippen LogP contribution in [0.15, 0.2) is 79.6 Å². The molecule has 112 valence electrons. The lowest BCUT2D eigenvalue weighted by atomic mass is 10.1. The minimum Gasteiger partial charge on any atom is -0.497 e. The highest BCUT2D eigenvalue weighted by atomic mass is 16.5. The number of allylic oxidation sites excluding steroid dienone is 3. The number of ether oxygens (including phenoxy) is 2. The molecule has 22 heavy (non-hydrogen) atoms. The van der Waals surface area contributed by atoms with Crippen LogP contribution in [0.4, 0.5) is 0 Å². The molecule has 0 spiro atoms. The zero-order valence-corrected chi connectivity index (χ0v) is 13.0. The molecule has 0 bridgehead atoms. The molecular formula is C20H20O2. The van der Waals surface area contributed by atoms with Crippen molar-refractivity contribution in [3.8, 4) is 11.5 Å². The molecule has 0 amide bonds. The number of rotatable bonds is 6. The van der Waals surface area contributed by atoms with E-state index in [4.69, 9.17) is 9.47 Å². The Morgan fingerprint density at radius 2 is 1.41 bits per heavy atom. The van der Waals surface area contributed by atoms with E-state index in [9.17, 15) is 0 Å². The molecule has 2 nitrogen and oxygen atoms in total. The summed E-state index contributed by atoms with van der Waals surface area (Å²) in [5, 5.41) is 0. The van der Waals surface area contributed by atoms with Gasteiger partial charge in [0.2, 0.25) is 0 Å². The first kappa shape index (κ1) is 15.6. The second-order valence-corrected chi connectivity index (χ2v) is 4.97. The van der Waals surface area contributed by atoms with E-state index in [1.54, 1.807) is 13.2 Å². The third kappa shape index (κ3) is 4.38. The van der Waals surface area contributed by atoms with Crippen molar-refractivity contribution in [1.82, 2.24) is 0 Å². The van der Waals surface area contributed by atoms with Crippen molar-refractivity contribution >= 4 is 5.57 Å². The Balaban J connectivity index is 2.03. The second kappa shape index (κ2) is 7.32. The van der Waals surface area contributed by atoms with Gasteiger partial charge in [-0.25, -0.2) is 0 Å². The van der Waals surface area contributed by atoms with Crippen LogP contribution in [0.5, 0.6) is 11.5 Å². The topological polar surface area (TPSA) is 18.5 Å². The fourth-order valence-electron chi connectivity index (χ4n) is 1.84. The summed E-state index contributed by atoms with van der Waals surface area (Å²) in [6.07, 6.45) is 3.67. The molecule has 0 aliphatic carbocycles. The summed E-state index contributed by atoms with van der Waals surface area (Å²) < 4.78 is 10.8. The minimum atomic E-state index is 0.598. The molecule has 0 fully saturated rings. The largest absolute Gasteiger partial charge is 0.497 e. The quantitative estimate of drug-likeness (QED) is 0.516. The predicted molar refractivity (Wildman–Crippen MR) is 92.0 cm³/mol. The Labute approximate surface area is 132 Å². The molecule has 0 atom stereocenters. The van der Waals surface area contributed by atoms with Crippen LogP contribution in [-0.4, -0.2) is 7.11 Å². The first-order chi connectivity index (χ1) is 10.6. The maximum Gasteiger partial charge on any atom is 0.127 e. The van der Waals surface area contributed by atoms with Crippen LogP contribution in [0.3, 0.4) is 0 Å². The van der Waals surface area contributed by atoms with E-state index in [0.717, 1.165) is 22.6 Å². The van der Waals surface area contributed by atoms with Crippen LogP contribution in [0, 0.1) is 6.92 Å². The molecule has 0 radical (unpaired) electrons. The maximum absolute atomic E-state index is 5.80. The molecule has 0 unspecified atom stereocenters. The SMILES string of the molecule is C=C(/C=C\C(=C)c1ccc(Oc2ccc(C)cc2)cc1)OC. The first-order valence-corrected chi connectivity index (χ1v) is 7.03. The van der Waals surface area contributed by atoms with E-state index >= 15 is 0 Å². The van der Waals surface area contributed by atoms with Gasteiger partial charge in [-0.1, -0.05) is 49.1 Å². The highest BCUT2D eigenvalue weighted by Crippen LogP contribution is 2.24. The van der Waals surface area contributed by atoms with Crippen molar-refractivity contribution in [1.29, 1.82) is 0 Å². The van der Waals surface area contributed by atoms with Crippen molar-refractivity contribution in [3.63, 3.8) is 0 Å². The highest BCUT2D eigenvalue weighted by molar-refractivity contribution is 5.72. The molecule has 2 heteroatoms. The Hall–Kier alpha value is -2.74. The van der Waals surface area contributed by atoms with Crippen LogP contribution in [0.1, 0.15) is 11.1 Å². The number of benzene rings is 2. The van der Waals surface area contributed by atoms with Gasteiger partial charge in [0.15, 0.2) is 0 Å². The average molecular weight is 292 g/mol. The monoisotopic (exact) mass is 292 g/mol. The predicted octanol–water partition coefficient (Wildman–Crippen LogP) is 5.52. The van der Waals surface area contributed by atoms with Crippen LogP contribution in [0.2, 0.25) is 0 Å². The molecule has 0 saturated carbocycles. The van der Waals surface area contributed by atoms with Gasteiger partial charge < -0.3 is 9.47 Å². The van der Waals surface area contributed by atoms with Gasteiger partial charge in [-0.15, -0.1) is 0 Å². The van der Waals surface area contributed by atoms with Crippen LogP contribution in [0.25, 0.3) is 5.57 Å². The van der Waals surface area contributed by atoms with Crippen LogP contribution in [-0.2, 0) is 4.74 Å². The van der Waals surface area contributed by atoms with Crippen molar-refractivity contribution in [2.75, 3.05) is 7.11 Å². The number of aryl methyl sites for hydroxylation is 1. The standard InChI is InChI=1S/C20H20O2/c1-15-5-11-19(12-6-15)22-20-13-9-18(10-14-20)16(2)7-8-17(3)21-4/h5-14H,2-3H2,1,4H3/b8-7-. The van der Waals surface area contributed by atoms with Gasteiger partial charge in [-0.3, -0.25) is 0 Å². The molecule has 2 aromatic carbocycles. The van der Waals surface area contributed by atoms with Gasteiger partial charge >= 0.3 is 0 Å². The summed E-state index contributed by atoms with van der Waals surface area (Å²) in [5.74, 6) is 2.22. The fraction of sp³-hybridized carbons (Fsp3) is 0.100. The fourth-order valence-corrected chi connectivity index (χ4v) is 1.84. The molecule has 2 rings (SSSR count). The lowest BCUT2D eigenvalue weighted by Gasteiger charge is -2.07. The van der Waals surface area contributed by atoms with Crippen molar-refractivity contribution < 1.29 is 9.47 Å². The van der Waals surface area contributed by atoms with Gasteiger partial charge in [0.05, 0.1) is 7.11 Å². The molecule has 0 aromatic heterocycles. The molecule has 0 saturated heterocycles. The van der Waals surface area contributed by atoms with E-state index in [1.165, 1.54) is 5.56 Å². The molecule has 0 heterocycles. The zero-order valence-electron chi connectivity index (χ0n) is 13.0. The van der Waals surface area contributed by atoms with E-state index in [-0.39, 0.29) is 0 Å². The number of hydrogen-bond donors (Lipinski definition) is 0. The summed E-state index contributed by atoms with van der Waals surface area (Å²) in [7, 11) is 1.59. The summed E-state index contributed by atoms with van der Waals surface area (Å²) >= 11 is 0. The van der Waals surface area contributed by atoms with E-state index in [1.807, 2.05) is 54.6 Å². The first-order valence-electron chi connectivity index (χ1n) is 7.03. The van der Waals surface area contributed by atoms with Crippen molar-refractivity contribution in [2.24, 2.45) is 0 Å². The highest BCUT2D eigenvalue weighted by Gasteiger charge is 1.99. The Bertz CT molecular complexity index is 677. The average Bonchev–Trinajstić information content (AvgIpc) is 2.55. The Morgan fingerprint density at radius 3 is 1.95 bits per heavy atom. The van der Waals surface area contributed by atoms with Crippen LogP contribution >= 0.6 is 0 Å². The summed E-state index contributed by atoms with van der Waals surface area (Å²) in [6, 6.07) is 15.8. The van der Waals surface area contributed by atoms with Crippen LogP contribution < -0.4 is 4.74 Å². The van der Waals surface area contributed by atoms with E-state index in [0.29, 0.717) is 5.76 Å². The van der Waals surface area contributed by atoms with Gasteiger partial charge in [-0.2, -0.15) is 0 Å². The lowest BCUT2D eigenvalue weighted by Crippen LogP contribution is -1.86. The molecule has 0 N–H and O–H groups in total.